The molecule has 0 radical (unpaired) electrons. The van der Waals surface area contributed by atoms with E-state index in [9.17, 15) is 19.4 Å². The van der Waals surface area contributed by atoms with Gasteiger partial charge in [0.05, 0.1) is 39.9 Å². The molecule has 3 N–H and O–H groups in total. The Labute approximate surface area is 329 Å². The van der Waals surface area contributed by atoms with Crippen molar-refractivity contribution in [3.05, 3.63) is 12.2 Å². The fraction of sp³-hybridized carbons (Fsp3) is 0.932. The second-order valence-electron chi connectivity index (χ2n) is 16.8. The second-order valence-corrected chi connectivity index (χ2v) is 18.2. The number of quaternary nitrogens is 1. The van der Waals surface area contributed by atoms with Crippen molar-refractivity contribution in [3.63, 3.8) is 0 Å². The van der Waals surface area contributed by atoms with Gasteiger partial charge in [0.1, 0.15) is 13.2 Å². The van der Waals surface area contributed by atoms with Crippen LogP contribution in [-0.4, -0.2) is 73.4 Å². The van der Waals surface area contributed by atoms with E-state index in [1.165, 1.54) is 161 Å². The lowest BCUT2D eigenvalue weighted by atomic mass is 10.0. The second kappa shape index (κ2) is 36.9. The average molecular weight is 774 g/mol. The zero-order valence-corrected chi connectivity index (χ0v) is 36.7. The van der Waals surface area contributed by atoms with E-state index in [1.54, 1.807) is 6.08 Å². The first-order valence-corrected chi connectivity index (χ1v) is 24.1. The number of unbranched alkanes of at least 4 members (excludes halogenated alkanes) is 28. The highest BCUT2D eigenvalue weighted by atomic mass is 31.2. The Bertz CT molecular complexity index is 880. The molecule has 0 saturated carbocycles. The molecular formula is C44H90N2O6P+. The van der Waals surface area contributed by atoms with Gasteiger partial charge in [-0.15, -0.1) is 0 Å². The number of hydrogen-bond acceptors (Lipinski definition) is 5. The summed E-state index contributed by atoms with van der Waals surface area (Å²) in [5, 5.41) is 13.8. The molecule has 0 aromatic rings. The summed E-state index contributed by atoms with van der Waals surface area (Å²) in [5.41, 5.74) is 0. The summed E-state index contributed by atoms with van der Waals surface area (Å²) >= 11 is 0. The van der Waals surface area contributed by atoms with Gasteiger partial charge in [-0.1, -0.05) is 199 Å². The van der Waals surface area contributed by atoms with Crippen LogP contribution >= 0.6 is 7.82 Å². The van der Waals surface area contributed by atoms with E-state index in [-0.39, 0.29) is 19.1 Å². The highest BCUT2D eigenvalue weighted by molar-refractivity contribution is 7.47. The first kappa shape index (κ1) is 52.2. The van der Waals surface area contributed by atoms with Crippen LogP contribution in [0, 0.1) is 0 Å². The fourth-order valence-corrected chi connectivity index (χ4v) is 7.37. The topological polar surface area (TPSA) is 105 Å². The largest absolute Gasteiger partial charge is 0.472 e. The summed E-state index contributed by atoms with van der Waals surface area (Å²) < 4.78 is 23.5. The van der Waals surface area contributed by atoms with Gasteiger partial charge in [0.2, 0.25) is 5.91 Å². The molecule has 3 atom stereocenters. The Kier molecular flexibility index (Phi) is 36.3. The van der Waals surface area contributed by atoms with Gasteiger partial charge in [0.15, 0.2) is 0 Å². The van der Waals surface area contributed by atoms with Gasteiger partial charge in [-0.3, -0.25) is 13.8 Å². The van der Waals surface area contributed by atoms with Crippen LogP contribution in [0.15, 0.2) is 12.2 Å². The number of likely N-dealkylation sites (N-methyl/N-ethyl adjacent to an activating group) is 1. The van der Waals surface area contributed by atoms with Crippen LogP contribution in [0.3, 0.4) is 0 Å². The molecule has 0 aromatic heterocycles. The van der Waals surface area contributed by atoms with Gasteiger partial charge in [-0.05, 0) is 19.3 Å². The van der Waals surface area contributed by atoms with Crippen LogP contribution in [-0.2, 0) is 18.4 Å². The lowest BCUT2D eigenvalue weighted by Gasteiger charge is -2.25. The van der Waals surface area contributed by atoms with Gasteiger partial charge < -0.3 is 19.8 Å². The van der Waals surface area contributed by atoms with Gasteiger partial charge >= 0.3 is 7.82 Å². The number of nitrogens with zero attached hydrogens (tertiary/aromatic N) is 1. The fourth-order valence-electron chi connectivity index (χ4n) is 6.63. The van der Waals surface area contributed by atoms with Crippen molar-refractivity contribution in [3.8, 4) is 0 Å². The van der Waals surface area contributed by atoms with Crippen molar-refractivity contribution in [1.29, 1.82) is 0 Å². The number of carbonyl (C=O) groups is 1. The maximum Gasteiger partial charge on any atom is 0.472 e. The summed E-state index contributed by atoms with van der Waals surface area (Å²) in [6.45, 7) is 4.78. The van der Waals surface area contributed by atoms with Gasteiger partial charge in [0, 0.05) is 6.42 Å². The van der Waals surface area contributed by atoms with E-state index >= 15 is 0 Å². The molecule has 0 spiro atoms. The minimum atomic E-state index is -4.32. The molecule has 0 bridgehead atoms. The van der Waals surface area contributed by atoms with E-state index < -0.39 is 20.0 Å². The Morgan fingerprint density at radius 2 is 1.00 bits per heavy atom. The van der Waals surface area contributed by atoms with E-state index in [1.807, 2.05) is 27.2 Å². The predicted molar refractivity (Wildman–Crippen MR) is 226 cm³/mol. The molecule has 316 valence electrons. The standard InChI is InChI=1S/C44H89N2O6P/c1-6-8-10-12-14-15-16-17-18-19-20-21-22-23-24-25-26-27-28-29-30-32-33-35-37-43(47)42(41-52-53(49,50)51-40-39-46(3,4)5)45-44(48)38-36-34-31-13-11-9-7-2/h35,37,42-43,47H,6-34,36,38-41H2,1-5H3,(H-,45,48,49,50)/p+1/b37-35+. The molecule has 0 heterocycles. The van der Waals surface area contributed by atoms with Crippen molar-refractivity contribution in [1.82, 2.24) is 5.32 Å². The minimum Gasteiger partial charge on any atom is -0.387 e. The number of carbonyl (C=O) groups excluding carboxylic acids is 1. The molecule has 0 fully saturated rings. The van der Waals surface area contributed by atoms with E-state index in [4.69, 9.17) is 9.05 Å². The third-order valence-corrected chi connectivity index (χ3v) is 11.2. The minimum absolute atomic E-state index is 0.0640. The van der Waals surface area contributed by atoms with Crippen molar-refractivity contribution >= 4 is 13.7 Å². The van der Waals surface area contributed by atoms with Gasteiger partial charge in [0.25, 0.3) is 0 Å². The molecule has 9 heteroatoms. The van der Waals surface area contributed by atoms with Crippen LogP contribution in [0.25, 0.3) is 0 Å². The summed E-state index contributed by atoms with van der Waals surface area (Å²) in [5.74, 6) is -0.182. The zero-order chi connectivity index (χ0) is 39.3. The van der Waals surface area contributed by atoms with Crippen molar-refractivity contribution in [2.24, 2.45) is 0 Å². The van der Waals surface area contributed by atoms with Gasteiger partial charge in [-0.2, -0.15) is 0 Å². The summed E-state index contributed by atoms with van der Waals surface area (Å²) in [6, 6.07) is -0.838. The highest BCUT2D eigenvalue weighted by Gasteiger charge is 2.27. The number of rotatable bonds is 41. The number of phosphoric ester groups is 1. The van der Waals surface area contributed by atoms with Crippen LogP contribution < -0.4 is 5.32 Å². The van der Waals surface area contributed by atoms with E-state index in [0.717, 1.165) is 32.1 Å². The summed E-state index contributed by atoms with van der Waals surface area (Å²) in [6.07, 6.45) is 41.7. The van der Waals surface area contributed by atoms with E-state index in [0.29, 0.717) is 17.4 Å². The molecule has 0 aliphatic rings. The number of aliphatic hydroxyl groups excluding tert-OH is 1. The normalized spacial score (nSPS) is 14.5. The van der Waals surface area contributed by atoms with Crippen LogP contribution in [0.5, 0.6) is 0 Å². The zero-order valence-electron chi connectivity index (χ0n) is 35.8. The average Bonchev–Trinajstić information content (AvgIpc) is 3.10. The molecule has 8 nitrogen and oxygen atoms in total. The summed E-state index contributed by atoms with van der Waals surface area (Å²) in [4.78, 5) is 22.9. The van der Waals surface area contributed by atoms with Crippen LogP contribution in [0.1, 0.15) is 213 Å². The lowest BCUT2D eigenvalue weighted by Crippen LogP contribution is -2.45. The van der Waals surface area contributed by atoms with E-state index in [2.05, 4.69) is 19.2 Å². The molecule has 1 amide bonds. The molecule has 0 aliphatic heterocycles. The maximum atomic E-state index is 12.7. The summed E-state index contributed by atoms with van der Waals surface area (Å²) in [7, 11) is 1.58. The first-order chi connectivity index (χ1) is 25.5. The first-order valence-electron chi connectivity index (χ1n) is 22.6. The highest BCUT2D eigenvalue weighted by Crippen LogP contribution is 2.43. The van der Waals surface area contributed by atoms with Crippen molar-refractivity contribution in [2.75, 3.05) is 40.9 Å². The molecule has 0 aliphatic carbocycles. The number of hydrogen-bond donors (Lipinski definition) is 3. The predicted octanol–water partition coefficient (Wildman–Crippen LogP) is 12.4. The lowest BCUT2D eigenvalue weighted by molar-refractivity contribution is -0.870. The third kappa shape index (κ3) is 39.3. The number of phosphoric acid groups is 1. The number of aliphatic hydroxyl groups is 1. The number of amides is 1. The third-order valence-electron chi connectivity index (χ3n) is 10.3. The number of allylic oxidation sites excluding steroid dienone is 1. The Balaban J connectivity index is 4.15. The van der Waals surface area contributed by atoms with Crippen LogP contribution in [0.4, 0.5) is 0 Å². The Morgan fingerprint density at radius 3 is 1.40 bits per heavy atom. The van der Waals surface area contributed by atoms with Crippen molar-refractivity contribution in [2.45, 2.75) is 225 Å². The quantitative estimate of drug-likeness (QED) is 0.0247. The SMILES string of the molecule is CCCCCCCCCCCCCCCCCCCCCCCC/C=C/C(O)C(COP(=O)(O)OCC[N+](C)(C)C)NC(=O)CCCCCCCCC. The molecule has 0 saturated heterocycles. The molecule has 0 aromatic carbocycles. The van der Waals surface area contributed by atoms with Crippen molar-refractivity contribution < 1.29 is 32.9 Å². The van der Waals surface area contributed by atoms with Crippen LogP contribution in [0.2, 0.25) is 0 Å². The molecule has 3 unspecified atom stereocenters. The molecule has 0 rings (SSSR count). The molecular weight excluding hydrogens is 683 g/mol. The maximum absolute atomic E-state index is 12.7. The Hall–Kier alpha value is -0.760. The van der Waals surface area contributed by atoms with Gasteiger partial charge in [-0.25, -0.2) is 4.57 Å². The Morgan fingerprint density at radius 1 is 0.623 bits per heavy atom. The number of nitrogens with one attached hydrogen (secondary N) is 1. The monoisotopic (exact) mass is 774 g/mol. The molecule has 53 heavy (non-hydrogen) atoms. The smallest absolute Gasteiger partial charge is 0.387 e.